The van der Waals surface area contributed by atoms with E-state index in [1.165, 1.54) is 0 Å². The number of thioether (sulfide) groups is 1. The van der Waals surface area contributed by atoms with Crippen LogP contribution >= 0.6 is 46.0 Å². The molecule has 2 rings (SSSR count). The van der Waals surface area contributed by atoms with Crippen LogP contribution in [0, 0.1) is 0 Å². The van der Waals surface area contributed by atoms with Gasteiger partial charge in [0.25, 0.3) is 0 Å². The third-order valence-corrected chi connectivity index (χ3v) is 5.00. The highest BCUT2D eigenvalue weighted by Gasteiger charge is 2.17. The number of halogens is 2. The van der Waals surface area contributed by atoms with Crippen LogP contribution in [0.3, 0.4) is 0 Å². The molecule has 1 aromatic rings. The summed E-state index contributed by atoms with van der Waals surface area (Å²) in [6.07, 6.45) is 0. The minimum Gasteiger partial charge on any atom is -0.335 e. The Morgan fingerprint density at radius 2 is 2.20 bits per heavy atom. The summed E-state index contributed by atoms with van der Waals surface area (Å²) in [5, 5.41) is 5.68. The van der Waals surface area contributed by atoms with Gasteiger partial charge in [0.05, 0.1) is 6.54 Å². The molecule has 0 saturated carbocycles. The summed E-state index contributed by atoms with van der Waals surface area (Å²) in [6, 6.07) is 7.67. The first-order valence-corrected chi connectivity index (χ1v) is 7.36. The Hall–Kier alpha value is 0.0600. The van der Waals surface area contributed by atoms with E-state index in [1.54, 1.807) is 0 Å². The Morgan fingerprint density at radius 3 is 2.80 bits per heavy atom. The molecule has 80 valence electrons. The lowest BCUT2D eigenvalue weighted by atomic mass is 10.3. The molecule has 5 heteroatoms. The molecule has 1 N–H and O–H groups in total. The minimum atomic E-state index is 0.625. The number of amidine groups is 1. The van der Waals surface area contributed by atoms with E-state index in [0.29, 0.717) is 5.25 Å². The van der Waals surface area contributed by atoms with E-state index < -0.39 is 0 Å². The zero-order valence-corrected chi connectivity index (χ0v) is 11.6. The molecule has 0 fully saturated rings. The van der Waals surface area contributed by atoms with Crippen LogP contribution in [-0.2, 0) is 0 Å². The van der Waals surface area contributed by atoms with Gasteiger partial charge in [-0.05, 0) is 24.3 Å². The highest BCUT2D eigenvalue weighted by atomic mass is 127. The lowest BCUT2D eigenvalue weighted by molar-refractivity contribution is 0.999. The fourth-order valence-corrected chi connectivity index (χ4v) is 3.02. The minimum absolute atomic E-state index is 0.625. The third-order valence-electron chi connectivity index (χ3n) is 1.98. The Labute approximate surface area is 112 Å². The molecule has 1 atom stereocenters. The summed E-state index contributed by atoms with van der Waals surface area (Å²) in [5.74, 6) is 0. The number of anilines is 1. The van der Waals surface area contributed by atoms with Crippen LogP contribution in [0.5, 0.6) is 0 Å². The molecule has 1 aromatic carbocycles. The highest BCUT2D eigenvalue weighted by molar-refractivity contribution is 14.1. The zero-order valence-electron chi connectivity index (χ0n) is 7.91. The molecule has 0 spiro atoms. The van der Waals surface area contributed by atoms with Crippen molar-refractivity contribution in [1.29, 1.82) is 0 Å². The number of alkyl halides is 1. The van der Waals surface area contributed by atoms with Gasteiger partial charge in [-0.2, -0.15) is 0 Å². The van der Waals surface area contributed by atoms with E-state index in [2.05, 4.69) is 32.9 Å². The van der Waals surface area contributed by atoms with Gasteiger partial charge in [0.2, 0.25) is 0 Å². The summed E-state index contributed by atoms with van der Waals surface area (Å²) in [5.41, 5.74) is 1.04. The van der Waals surface area contributed by atoms with Gasteiger partial charge in [0, 0.05) is 20.4 Å². The van der Waals surface area contributed by atoms with Crippen molar-refractivity contribution in [3.05, 3.63) is 29.3 Å². The van der Waals surface area contributed by atoms with Crippen molar-refractivity contribution in [3.8, 4) is 0 Å². The molecular weight excluding hydrogens is 343 g/mol. The summed E-state index contributed by atoms with van der Waals surface area (Å²) < 4.78 is 1.14. The predicted octanol–water partition coefficient (Wildman–Crippen LogP) is 3.66. The number of hydrogen-bond donors (Lipinski definition) is 1. The lowest BCUT2D eigenvalue weighted by Gasteiger charge is -2.06. The average molecular weight is 353 g/mol. The molecule has 0 unspecified atom stereocenters. The summed E-state index contributed by atoms with van der Waals surface area (Å²) >= 11 is 10.0. The summed E-state index contributed by atoms with van der Waals surface area (Å²) in [4.78, 5) is 4.44. The fraction of sp³-hybridized carbons (Fsp3) is 0.300. The van der Waals surface area contributed by atoms with Gasteiger partial charge >= 0.3 is 0 Å². The second-order valence-corrected chi connectivity index (χ2v) is 5.78. The summed E-state index contributed by atoms with van der Waals surface area (Å²) in [7, 11) is 0. The zero-order chi connectivity index (χ0) is 10.7. The maximum Gasteiger partial charge on any atom is 0.161 e. The predicted molar refractivity (Wildman–Crippen MR) is 77.6 cm³/mol. The molecular formula is C10H10ClIN2S. The van der Waals surface area contributed by atoms with Gasteiger partial charge in [-0.15, -0.1) is 0 Å². The van der Waals surface area contributed by atoms with Crippen LogP contribution in [0.1, 0.15) is 0 Å². The van der Waals surface area contributed by atoms with E-state index in [0.717, 1.165) is 26.8 Å². The van der Waals surface area contributed by atoms with Crippen LogP contribution in [0.2, 0.25) is 5.02 Å². The molecule has 0 radical (unpaired) electrons. The summed E-state index contributed by atoms with van der Waals surface area (Å²) in [6.45, 7) is 0.920. The molecule has 2 nitrogen and oxygen atoms in total. The molecule has 1 heterocycles. The number of benzene rings is 1. The first-order chi connectivity index (χ1) is 7.28. The van der Waals surface area contributed by atoms with Crippen LogP contribution in [0.4, 0.5) is 5.69 Å². The largest absolute Gasteiger partial charge is 0.335 e. The maximum atomic E-state index is 5.81. The van der Waals surface area contributed by atoms with Crippen molar-refractivity contribution in [3.63, 3.8) is 0 Å². The quantitative estimate of drug-likeness (QED) is 0.649. The van der Waals surface area contributed by atoms with Crippen molar-refractivity contribution in [1.82, 2.24) is 0 Å². The van der Waals surface area contributed by atoms with E-state index in [-0.39, 0.29) is 0 Å². The molecule has 1 aliphatic rings. The number of hydrogen-bond acceptors (Lipinski definition) is 3. The van der Waals surface area contributed by atoms with Crippen molar-refractivity contribution in [2.75, 3.05) is 16.3 Å². The number of rotatable bonds is 2. The normalized spacial score (nSPS) is 20.1. The van der Waals surface area contributed by atoms with Gasteiger partial charge in [-0.3, -0.25) is 4.99 Å². The Kier molecular flexibility index (Phi) is 4.16. The van der Waals surface area contributed by atoms with E-state index in [4.69, 9.17) is 11.6 Å². The van der Waals surface area contributed by atoms with Gasteiger partial charge in [-0.25, -0.2) is 0 Å². The Bertz CT molecular complexity index is 366. The van der Waals surface area contributed by atoms with Crippen molar-refractivity contribution in [2.24, 2.45) is 4.99 Å². The topological polar surface area (TPSA) is 24.4 Å². The standard InChI is InChI=1S/C10H10ClIN2S/c11-7-1-3-8(4-2-7)14-10-13-6-9(5-12)15-10/h1-4,9H,5-6H2,(H,13,14)/t9-/m0/s1. The van der Waals surface area contributed by atoms with Crippen LogP contribution in [0.25, 0.3) is 0 Å². The van der Waals surface area contributed by atoms with Crippen molar-refractivity contribution in [2.45, 2.75) is 5.25 Å². The molecule has 0 saturated heterocycles. The average Bonchev–Trinajstić information content (AvgIpc) is 2.69. The first kappa shape index (κ1) is 11.5. The number of nitrogens with zero attached hydrogens (tertiary/aromatic N) is 1. The fourth-order valence-electron chi connectivity index (χ4n) is 1.22. The van der Waals surface area contributed by atoms with Crippen molar-refractivity contribution >= 4 is 56.8 Å². The molecule has 0 aromatic heterocycles. The molecule has 15 heavy (non-hydrogen) atoms. The van der Waals surface area contributed by atoms with E-state index in [9.17, 15) is 0 Å². The number of nitrogens with one attached hydrogen (secondary N) is 1. The van der Waals surface area contributed by atoms with Crippen LogP contribution in [0.15, 0.2) is 29.3 Å². The second kappa shape index (κ2) is 5.41. The SMILES string of the molecule is Clc1ccc(NC2=NC[C@H](CI)S2)cc1. The Balaban J connectivity index is 1.95. The Morgan fingerprint density at radius 1 is 1.47 bits per heavy atom. The van der Waals surface area contributed by atoms with E-state index in [1.807, 2.05) is 36.0 Å². The molecule has 1 aliphatic heterocycles. The van der Waals surface area contributed by atoms with Gasteiger partial charge in [0.15, 0.2) is 5.17 Å². The van der Waals surface area contributed by atoms with E-state index >= 15 is 0 Å². The highest BCUT2D eigenvalue weighted by Crippen LogP contribution is 2.24. The van der Waals surface area contributed by atoms with Crippen LogP contribution in [-0.4, -0.2) is 21.4 Å². The smallest absolute Gasteiger partial charge is 0.161 e. The monoisotopic (exact) mass is 352 g/mol. The molecule has 0 aliphatic carbocycles. The number of aliphatic imine (C=N–C) groups is 1. The van der Waals surface area contributed by atoms with Gasteiger partial charge < -0.3 is 5.32 Å². The van der Waals surface area contributed by atoms with Crippen LogP contribution < -0.4 is 5.32 Å². The molecule has 0 amide bonds. The van der Waals surface area contributed by atoms with Gasteiger partial charge in [0.1, 0.15) is 0 Å². The first-order valence-electron chi connectivity index (χ1n) is 4.57. The molecule has 0 bridgehead atoms. The van der Waals surface area contributed by atoms with Crippen molar-refractivity contribution < 1.29 is 0 Å². The maximum absolute atomic E-state index is 5.81. The third kappa shape index (κ3) is 3.26. The lowest BCUT2D eigenvalue weighted by Crippen LogP contribution is -2.08. The second-order valence-electron chi connectivity index (χ2n) is 3.17. The van der Waals surface area contributed by atoms with Gasteiger partial charge in [-0.1, -0.05) is 46.0 Å².